The highest BCUT2D eigenvalue weighted by Crippen LogP contribution is 2.05. The van der Waals surface area contributed by atoms with Crippen LogP contribution in [0.4, 0.5) is 0 Å². The van der Waals surface area contributed by atoms with Gasteiger partial charge < -0.3 is 20.3 Å². The molecule has 1 rings (SSSR count). The van der Waals surface area contributed by atoms with E-state index in [1.165, 1.54) is 0 Å². The van der Waals surface area contributed by atoms with E-state index in [0.29, 0.717) is 13.2 Å². The van der Waals surface area contributed by atoms with Gasteiger partial charge in [-0.3, -0.25) is 0 Å². The number of ether oxygens (including phenoxy) is 1. The van der Waals surface area contributed by atoms with Crippen molar-refractivity contribution in [1.29, 1.82) is 0 Å². The van der Waals surface area contributed by atoms with Gasteiger partial charge in [-0.15, -0.1) is 0 Å². The third-order valence-electron chi connectivity index (χ3n) is 1.82. The summed E-state index contributed by atoms with van der Waals surface area (Å²) in [7, 11) is 0. The highest BCUT2D eigenvalue weighted by Gasteiger charge is 2.26. The Labute approximate surface area is 66.2 Å². The average molecular weight is 161 g/mol. The molecule has 0 spiro atoms. The molecule has 4 heteroatoms. The summed E-state index contributed by atoms with van der Waals surface area (Å²) in [6.07, 6.45) is -0.427. The van der Waals surface area contributed by atoms with E-state index >= 15 is 0 Å². The average Bonchev–Trinajstić information content (AvgIpc) is 2.37. The van der Waals surface area contributed by atoms with Crippen molar-refractivity contribution in [1.82, 2.24) is 5.32 Å². The second-order valence-corrected chi connectivity index (χ2v) is 2.96. The van der Waals surface area contributed by atoms with Crippen molar-refractivity contribution in [2.24, 2.45) is 0 Å². The maximum absolute atomic E-state index is 9.26. The first-order valence-corrected chi connectivity index (χ1v) is 3.86. The van der Waals surface area contributed by atoms with E-state index < -0.39 is 6.10 Å². The van der Waals surface area contributed by atoms with Crippen molar-refractivity contribution >= 4 is 0 Å². The van der Waals surface area contributed by atoms with Crippen molar-refractivity contribution in [3.05, 3.63) is 0 Å². The molecule has 11 heavy (non-hydrogen) atoms. The summed E-state index contributed by atoms with van der Waals surface area (Å²) in [5, 5.41) is 21.0. The predicted molar refractivity (Wildman–Crippen MR) is 40.3 cm³/mol. The Morgan fingerprint density at radius 3 is 2.82 bits per heavy atom. The minimum absolute atomic E-state index is 0.0165. The second kappa shape index (κ2) is 4.01. The lowest BCUT2D eigenvalue weighted by atomic mass is 10.2. The van der Waals surface area contributed by atoms with Gasteiger partial charge in [0.15, 0.2) is 0 Å². The van der Waals surface area contributed by atoms with Crippen molar-refractivity contribution in [2.45, 2.75) is 25.1 Å². The molecule has 3 N–H and O–H groups in total. The maximum Gasteiger partial charge on any atom is 0.0948 e. The fourth-order valence-electron chi connectivity index (χ4n) is 1.12. The van der Waals surface area contributed by atoms with Gasteiger partial charge in [-0.25, -0.2) is 0 Å². The van der Waals surface area contributed by atoms with E-state index in [0.717, 1.165) is 0 Å². The fraction of sp³-hybridized carbons (Fsp3) is 1.00. The third kappa shape index (κ3) is 2.41. The van der Waals surface area contributed by atoms with Gasteiger partial charge in [0.05, 0.1) is 32.0 Å². The minimum Gasteiger partial charge on any atom is -0.395 e. The first-order valence-electron chi connectivity index (χ1n) is 3.86. The molecule has 0 aliphatic carbocycles. The number of nitrogens with one attached hydrogen (secondary N) is 1. The molecule has 1 aliphatic heterocycles. The van der Waals surface area contributed by atoms with Gasteiger partial charge >= 0.3 is 0 Å². The van der Waals surface area contributed by atoms with Crippen LogP contribution in [0.25, 0.3) is 0 Å². The summed E-state index contributed by atoms with van der Waals surface area (Å²) in [4.78, 5) is 0. The Kier molecular flexibility index (Phi) is 3.26. The summed E-state index contributed by atoms with van der Waals surface area (Å²) in [6, 6.07) is 0.00787. The molecule has 3 atom stereocenters. The van der Waals surface area contributed by atoms with Crippen LogP contribution in [0, 0.1) is 0 Å². The molecule has 1 saturated heterocycles. The summed E-state index contributed by atoms with van der Waals surface area (Å²) in [6.45, 7) is 2.88. The van der Waals surface area contributed by atoms with Crippen LogP contribution in [0.1, 0.15) is 6.92 Å². The zero-order valence-electron chi connectivity index (χ0n) is 6.66. The molecule has 0 bridgehead atoms. The zero-order chi connectivity index (χ0) is 8.27. The van der Waals surface area contributed by atoms with Gasteiger partial charge in [-0.05, 0) is 6.92 Å². The highest BCUT2D eigenvalue weighted by molar-refractivity contribution is 4.82. The number of rotatable bonds is 3. The predicted octanol–water partition coefficient (Wildman–Crippen LogP) is -1.28. The lowest BCUT2D eigenvalue weighted by Gasteiger charge is -2.18. The van der Waals surface area contributed by atoms with Crippen LogP contribution in [0.2, 0.25) is 0 Å². The minimum atomic E-state index is -0.427. The molecular weight excluding hydrogens is 146 g/mol. The van der Waals surface area contributed by atoms with Crippen molar-refractivity contribution in [3.63, 3.8) is 0 Å². The molecular formula is C7H15NO3. The van der Waals surface area contributed by atoms with E-state index in [-0.39, 0.29) is 18.7 Å². The molecule has 1 heterocycles. The van der Waals surface area contributed by atoms with Crippen molar-refractivity contribution in [3.8, 4) is 0 Å². The normalized spacial score (nSPS) is 34.1. The summed E-state index contributed by atoms with van der Waals surface area (Å²) < 4.78 is 5.02. The molecule has 1 aliphatic rings. The van der Waals surface area contributed by atoms with E-state index in [1.807, 2.05) is 6.92 Å². The smallest absolute Gasteiger partial charge is 0.0948 e. The van der Waals surface area contributed by atoms with Crippen molar-refractivity contribution < 1.29 is 14.9 Å². The molecule has 0 aromatic carbocycles. The largest absolute Gasteiger partial charge is 0.395 e. The Morgan fingerprint density at radius 2 is 2.36 bits per heavy atom. The summed E-state index contributed by atoms with van der Waals surface area (Å²) in [5.74, 6) is 0. The molecule has 4 nitrogen and oxygen atoms in total. The molecule has 3 unspecified atom stereocenters. The van der Waals surface area contributed by atoms with Gasteiger partial charge in [-0.1, -0.05) is 0 Å². The summed E-state index contributed by atoms with van der Waals surface area (Å²) >= 11 is 0. The van der Waals surface area contributed by atoms with Gasteiger partial charge in [0, 0.05) is 6.04 Å². The molecule has 0 amide bonds. The quantitative estimate of drug-likeness (QED) is 0.482. The first-order chi connectivity index (χ1) is 5.24. The highest BCUT2D eigenvalue weighted by atomic mass is 16.5. The Morgan fingerprint density at radius 1 is 1.64 bits per heavy atom. The number of hydrogen-bond acceptors (Lipinski definition) is 4. The van der Waals surface area contributed by atoms with E-state index in [2.05, 4.69) is 5.32 Å². The zero-order valence-corrected chi connectivity index (χ0v) is 6.66. The number of aliphatic hydroxyl groups excluding tert-OH is 2. The van der Waals surface area contributed by atoms with Crippen LogP contribution in [0.3, 0.4) is 0 Å². The third-order valence-corrected chi connectivity index (χ3v) is 1.82. The van der Waals surface area contributed by atoms with Gasteiger partial charge in [-0.2, -0.15) is 0 Å². The lowest BCUT2D eigenvalue weighted by molar-refractivity contribution is 0.119. The molecule has 1 fully saturated rings. The van der Waals surface area contributed by atoms with Gasteiger partial charge in [0.25, 0.3) is 0 Å². The number of aliphatic hydroxyl groups is 2. The van der Waals surface area contributed by atoms with Crippen LogP contribution in [-0.2, 0) is 4.74 Å². The Bertz CT molecular complexity index is 120. The molecule has 0 saturated carbocycles. The van der Waals surface area contributed by atoms with Crippen LogP contribution in [0.5, 0.6) is 0 Å². The van der Waals surface area contributed by atoms with Crippen LogP contribution < -0.4 is 5.32 Å². The van der Waals surface area contributed by atoms with E-state index in [9.17, 15) is 5.11 Å². The fourth-order valence-corrected chi connectivity index (χ4v) is 1.12. The summed E-state index contributed by atoms with van der Waals surface area (Å²) in [5.41, 5.74) is 0. The standard InChI is InChI=1S/C7H15NO3/c1-5(2-9)8-6-3-11-4-7(6)10/h5-10H,2-4H2,1H3. The lowest BCUT2D eigenvalue weighted by Crippen LogP contribution is -2.45. The van der Waals surface area contributed by atoms with Crippen molar-refractivity contribution in [2.75, 3.05) is 19.8 Å². The first kappa shape index (κ1) is 8.93. The Hall–Kier alpha value is -0.160. The molecule has 0 radical (unpaired) electrons. The molecule has 0 aromatic rings. The molecule has 66 valence electrons. The maximum atomic E-state index is 9.26. The number of hydrogen-bond donors (Lipinski definition) is 3. The Balaban J connectivity index is 2.24. The van der Waals surface area contributed by atoms with Gasteiger partial charge in [0.1, 0.15) is 0 Å². The molecule has 0 aromatic heterocycles. The topological polar surface area (TPSA) is 61.7 Å². The van der Waals surface area contributed by atoms with Crippen LogP contribution >= 0.6 is 0 Å². The van der Waals surface area contributed by atoms with Gasteiger partial charge in [0.2, 0.25) is 0 Å². The monoisotopic (exact) mass is 161 g/mol. The van der Waals surface area contributed by atoms with Crippen LogP contribution in [0.15, 0.2) is 0 Å². The van der Waals surface area contributed by atoms with E-state index in [4.69, 9.17) is 9.84 Å². The SMILES string of the molecule is CC(CO)NC1COCC1O. The second-order valence-electron chi connectivity index (χ2n) is 2.96. The van der Waals surface area contributed by atoms with Crippen LogP contribution in [-0.4, -0.2) is 48.2 Å². The van der Waals surface area contributed by atoms with E-state index in [1.54, 1.807) is 0 Å².